The van der Waals surface area contributed by atoms with E-state index in [0.29, 0.717) is 18.7 Å². The molecule has 0 amide bonds. The molecule has 0 spiro atoms. The highest BCUT2D eigenvalue weighted by atomic mass is 31.2. The molecule has 6 aromatic heterocycles. The van der Waals surface area contributed by atoms with Crippen LogP contribution in [-0.4, -0.2) is 250 Å². The van der Waals surface area contributed by atoms with Crippen molar-refractivity contribution < 1.29 is 55.7 Å². The minimum absolute atomic E-state index is 0.0544. The van der Waals surface area contributed by atoms with E-state index >= 15 is 13.7 Å². The van der Waals surface area contributed by atoms with Gasteiger partial charge in [-0.05, 0) is 96.3 Å². The van der Waals surface area contributed by atoms with Gasteiger partial charge in [0, 0.05) is 69.3 Å². The lowest BCUT2D eigenvalue weighted by atomic mass is 9.75. The van der Waals surface area contributed by atoms with Crippen LogP contribution in [0.1, 0.15) is 102 Å². The number of aromatic nitrogens is 12. The first-order valence-electron chi connectivity index (χ1n) is 40.1. The minimum atomic E-state index is -4.49. The van der Waals surface area contributed by atoms with Crippen LogP contribution < -0.4 is 44.3 Å². The number of morpholine rings is 4. The zero-order valence-electron chi connectivity index (χ0n) is 70.1. The molecule has 0 bridgehead atoms. The molecule has 6 N–H and O–H groups in total. The van der Waals surface area contributed by atoms with Gasteiger partial charge in [-0.3, -0.25) is 76.0 Å². The molecule has 122 heavy (non-hydrogen) atoms. The van der Waals surface area contributed by atoms with E-state index in [0.717, 1.165) is 21.3 Å². The van der Waals surface area contributed by atoms with Gasteiger partial charge in [-0.2, -0.15) is 9.97 Å². The Morgan fingerprint density at radius 3 is 1.25 bits per heavy atom. The zero-order valence-corrected chi connectivity index (χ0v) is 72.8. The van der Waals surface area contributed by atoms with E-state index in [1.54, 1.807) is 57.0 Å². The van der Waals surface area contributed by atoms with E-state index in [2.05, 4.69) is 81.8 Å². The summed E-state index contributed by atoms with van der Waals surface area (Å²) in [5.74, 6) is 0.0219. The number of carbonyl (C=O) groups is 1. The van der Waals surface area contributed by atoms with Crippen LogP contribution in [0.2, 0.25) is 0 Å². The number of benzene rings is 4. The number of nitrogens with zero attached hydrogens (tertiary/aromatic N) is 15. The van der Waals surface area contributed by atoms with Gasteiger partial charge in [0.15, 0.2) is 34.8 Å². The number of carbonyl (C=O) groups excluding carboxylic acids is 1. The fourth-order valence-corrected chi connectivity index (χ4v) is 21.7. The van der Waals surface area contributed by atoms with Crippen molar-refractivity contribution in [3.05, 3.63) is 242 Å². The maximum atomic E-state index is 16.8. The molecule has 4 aliphatic rings. The Morgan fingerprint density at radius 1 is 0.484 bits per heavy atom. The average molecular weight is 1740 g/mol. The maximum absolute atomic E-state index is 16.8. The van der Waals surface area contributed by atoms with Crippen LogP contribution in [0.5, 0.6) is 0 Å². The molecule has 42 heteroatoms. The van der Waals surface area contributed by atoms with Gasteiger partial charge in [-0.1, -0.05) is 137 Å². The Hall–Kier alpha value is -9.86. The SMILES string of the molecule is COC(=O)c1ccccc1[C@H]1CN([P@@](=O)(OC[C@@H]2CN([P@@](=O)(OC[C@@H]3CN([P@@](=O)(OC[C@@H]4CN(C(c5ccccc5)(c5ccccc5)c5ccccc5)C[C@H](n5cnc6c(=O)[nH]c(NCC(C)C)nc65)O4)N(C)C)C[C@H](n4cc(C)c(=O)[nH]c4=O)O3)N(C)C)C[C@H](n3cnc4c(=O)[nH]c(NCC(C)C)nc43)O2)N(C)C)C[C@H](n2cc(C)c(=O)[nH]c2=O)O1. The molecule has 4 saturated heterocycles. The molecule has 10 heterocycles. The van der Waals surface area contributed by atoms with E-state index < -0.39 is 131 Å². The quantitative estimate of drug-likeness (QED) is 0.0143. The Labute approximate surface area is 701 Å². The van der Waals surface area contributed by atoms with E-state index in [1.165, 1.54) is 97.3 Å². The number of aromatic amines is 4. The van der Waals surface area contributed by atoms with Gasteiger partial charge in [0.2, 0.25) is 11.9 Å². The highest BCUT2D eigenvalue weighted by Gasteiger charge is 2.52. The molecular weight excluding hydrogens is 1640 g/mol. The number of aryl methyl sites for hydroxylation is 2. The number of nitrogens with one attached hydrogen (secondary N) is 6. The second kappa shape index (κ2) is 36.9. The van der Waals surface area contributed by atoms with Gasteiger partial charge in [0.05, 0.1) is 94.7 Å². The van der Waals surface area contributed by atoms with Crippen molar-refractivity contribution in [1.82, 2.24) is 91.1 Å². The molecule has 4 aromatic carbocycles. The lowest BCUT2D eigenvalue weighted by Gasteiger charge is -2.51. The van der Waals surface area contributed by atoms with Gasteiger partial charge in [-0.25, -0.2) is 52.4 Å². The molecule has 4 fully saturated rings. The number of esters is 1. The molecule has 14 rings (SSSR count). The monoisotopic (exact) mass is 1740 g/mol. The molecule has 0 saturated carbocycles. The summed E-state index contributed by atoms with van der Waals surface area (Å²) in [5, 5.41) is 6.42. The van der Waals surface area contributed by atoms with Gasteiger partial charge in [0.1, 0.15) is 12.5 Å². The summed E-state index contributed by atoms with van der Waals surface area (Å²) in [6.45, 7) is 9.42. The third kappa shape index (κ3) is 18.1. The largest absolute Gasteiger partial charge is 0.465 e. The van der Waals surface area contributed by atoms with Crippen LogP contribution in [0.25, 0.3) is 22.3 Å². The van der Waals surface area contributed by atoms with Gasteiger partial charge < -0.3 is 47.9 Å². The van der Waals surface area contributed by atoms with Crippen molar-refractivity contribution >= 4 is 63.2 Å². The summed E-state index contributed by atoms with van der Waals surface area (Å²) in [6.07, 6.45) is -3.63. The summed E-state index contributed by atoms with van der Waals surface area (Å²) in [6, 6.07) is 36.7. The molecular formula is C80H104N21O18P3. The molecule has 11 atom stereocenters. The molecule has 0 radical (unpaired) electrons. The van der Waals surface area contributed by atoms with Crippen molar-refractivity contribution in [3.8, 4) is 0 Å². The molecule has 39 nitrogen and oxygen atoms in total. The summed E-state index contributed by atoms with van der Waals surface area (Å²) >= 11 is 0. The summed E-state index contributed by atoms with van der Waals surface area (Å²) in [4.78, 5) is 126. The van der Waals surface area contributed by atoms with Crippen molar-refractivity contribution in [2.45, 2.75) is 96.4 Å². The molecule has 10 aromatic rings. The topological polar surface area (TPSA) is 426 Å². The summed E-state index contributed by atoms with van der Waals surface area (Å²) < 4.78 is 117. The first-order valence-corrected chi connectivity index (χ1v) is 44.7. The van der Waals surface area contributed by atoms with E-state index in [-0.39, 0.29) is 122 Å². The second-order valence-electron chi connectivity index (χ2n) is 32.0. The van der Waals surface area contributed by atoms with Crippen molar-refractivity contribution in [1.29, 1.82) is 0 Å². The van der Waals surface area contributed by atoms with Crippen molar-refractivity contribution in [2.24, 2.45) is 11.8 Å². The van der Waals surface area contributed by atoms with Crippen molar-refractivity contribution in [3.63, 3.8) is 0 Å². The summed E-state index contributed by atoms with van der Waals surface area (Å²) in [5.41, 5.74) is -1.19. The van der Waals surface area contributed by atoms with Crippen LogP contribution >= 0.6 is 23.0 Å². The molecule has 0 unspecified atom stereocenters. The van der Waals surface area contributed by atoms with E-state index in [9.17, 15) is 33.6 Å². The number of rotatable bonds is 31. The predicted octanol–water partition coefficient (Wildman–Crippen LogP) is 7.11. The standard InChI is InChI=1S/C80H104N21O18P3/c1-50(2)33-81-76-85-69-67(73(104)87-76)83-48-100(69)63-41-94(80(54-25-17-14-18-26-54,55-27-19-15-20-28-55)56-29-21-16-22-30-56)37-57(116-63)45-113-120(109,91(7)8)95-38-58(117-64(42-95)98-35-52(5)71(102)89-78(98)107)46-114-121(110,92(9)10)96-39-59(118-66(44-96)101-49-84-68-70(101)86-77(88-74(68)105)82-34-51(3)4)47-115-122(111,93(11)12)97-40-62(60-31-23-24-32-61(60)75(106)112-13)119-65(43-97)99-36-53(6)72(103)90-79(99)108/h14-32,35-36,48-51,57-59,62-66H,33-34,37-47H2,1-13H3,(H,89,102,107)(H,90,103,108)(H2,81,85,87,104)(H2,82,86,88,105)/t57-,58-,59-,62+,63+,64+,65+,66+,120-,121-,122-/m0/s1. The van der Waals surface area contributed by atoms with Gasteiger partial charge in [-0.15, -0.1) is 0 Å². The highest BCUT2D eigenvalue weighted by Crippen LogP contribution is 2.59. The first kappa shape index (κ1) is 88.5. The smallest absolute Gasteiger partial charge is 0.345 e. The highest BCUT2D eigenvalue weighted by molar-refractivity contribution is 7.54. The lowest BCUT2D eigenvalue weighted by molar-refractivity contribution is -0.148. The fraction of sp³-hybridized carbons (Fsp3) is 0.463. The van der Waals surface area contributed by atoms with E-state index in [4.69, 9.17) is 47.2 Å². The molecule has 0 aliphatic carbocycles. The Bertz CT molecular complexity index is 5850. The first-order chi connectivity index (χ1) is 58.3. The Kier molecular flexibility index (Phi) is 26.8. The van der Waals surface area contributed by atoms with Crippen LogP contribution in [0.15, 0.2) is 169 Å². The third-order valence-electron chi connectivity index (χ3n) is 21.9. The van der Waals surface area contributed by atoms with Crippen molar-refractivity contribution in [2.75, 3.05) is 145 Å². The predicted molar refractivity (Wildman–Crippen MR) is 455 cm³/mol. The number of imidazole rings is 2. The number of methoxy groups -OCH3 is 1. The normalized spacial score (nSPS) is 22.1. The number of anilines is 2. The summed E-state index contributed by atoms with van der Waals surface area (Å²) in [7, 11) is -2.73. The number of hydrogen-bond acceptors (Lipinski definition) is 25. The molecule has 4 aliphatic heterocycles. The minimum Gasteiger partial charge on any atom is -0.465 e. The Morgan fingerprint density at radius 2 is 0.852 bits per heavy atom. The van der Waals surface area contributed by atoms with Gasteiger partial charge >= 0.3 is 40.4 Å². The second-order valence-corrected chi connectivity index (χ2v) is 39.8. The lowest BCUT2D eigenvalue weighted by Crippen LogP contribution is -2.57. The van der Waals surface area contributed by atoms with Crippen LogP contribution in [0, 0.1) is 25.7 Å². The van der Waals surface area contributed by atoms with Gasteiger partial charge in [0.25, 0.3) is 22.2 Å². The van der Waals surface area contributed by atoms with Crippen LogP contribution in [0.4, 0.5) is 11.9 Å². The maximum Gasteiger partial charge on any atom is 0.345 e. The Balaban J connectivity index is 0.803. The number of fused-ring (bicyclic) bond motifs is 2. The average Bonchev–Trinajstić information content (AvgIpc) is 0.968. The third-order valence-corrected chi connectivity index (χ3v) is 29.5. The van der Waals surface area contributed by atoms with Crippen LogP contribution in [-0.2, 0) is 56.5 Å². The molecule has 652 valence electrons. The van der Waals surface area contributed by atoms with E-state index in [1.807, 2.05) is 82.3 Å². The van der Waals surface area contributed by atoms with Crippen LogP contribution in [0.3, 0.4) is 0 Å². The number of ether oxygens (including phenoxy) is 5. The number of H-pyrrole nitrogens is 4. The fourth-order valence-electron chi connectivity index (χ4n) is 15.8. The number of hydrogen-bond donors (Lipinski definition) is 6. The zero-order chi connectivity index (χ0) is 86.9.